The number of nitrogens with one attached hydrogen (secondary N) is 1. The molecule has 134 valence electrons. The monoisotopic (exact) mass is 342 g/mol. The molecule has 1 aromatic rings. The number of nitrogens with zero attached hydrogens (tertiary/aromatic N) is 1. The van der Waals surface area contributed by atoms with Gasteiger partial charge in [0.2, 0.25) is 5.91 Å². The molecule has 1 N–H and O–H groups in total. The molecule has 1 amide bonds. The Morgan fingerprint density at radius 3 is 2.67 bits per heavy atom. The van der Waals surface area contributed by atoms with Crippen LogP contribution in [0.3, 0.4) is 0 Å². The minimum Gasteiger partial charge on any atom is -0.352 e. The summed E-state index contributed by atoms with van der Waals surface area (Å²) in [7, 11) is 1.74. The van der Waals surface area contributed by atoms with E-state index in [1.165, 1.54) is 12.5 Å². The van der Waals surface area contributed by atoms with E-state index in [0.29, 0.717) is 18.0 Å². The van der Waals surface area contributed by atoms with Gasteiger partial charge >= 0.3 is 6.18 Å². The van der Waals surface area contributed by atoms with Crippen molar-refractivity contribution in [2.75, 3.05) is 13.6 Å². The standard InChI is InChI=1S/C18H25F3N2O/c1-13-6-3-4-9-16(13)22-17(24)12-23(2)11-14-7-5-8-15(10-14)18(19,20)21/h5,7-8,10,13,16H,3-4,6,9,11-12H2,1-2H3,(H,22,24). The lowest BCUT2D eigenvalue weighted by Gasteiger charge is -2.30. The van der Waals surface area contributed by atoms with Crippen molar-refractivity contribution >= 4 is 5.91 Å². The molecule has 0 spiro atoms. The fourth-order valence-corrected chi connectivity index (χ4v) is 3.24. The first-order valence-corrected chi connectivity index (χ1v) is 8.40. The molecule has 0 radical (unpaired) electrons. The quantitative estimate of drug-likeness (QED) is 0.882. The lowest BCUT2D eigenvalue weighted by molar-refractivity contribution is -0.137. The Kier molecular flexibility index (Phi) is 6.27. The third-order valence-corrected chi connectivity index (χ3v) is 4.58. The fraction of sp³-hybridized carbons (Fsp3) is 0.611. The number of hydrogen-bond donors (Lipinski definition) is 1. The molecule has 3 nitrogen and oxygen atoms in total. The second-order valence-electron chi connectivity index (χ2n) is 6.81. The third kappa shape index (κ3) is 5.51. The van der Waals surface area contributed by atoms with E-state index in [-0.39, 0.29) is 18.5 Å². The average Bonchev–Trinajstić information content (AvgIpc) is 2.49. The molecule has 1 aliphatic carbocycles. The van der Waals surface area contributed by atoms with Gasteiger partial charge in [0.15, 0.2) is 0 Å². The Morgan fingerprint density at radius 1 is 1.29 bits per heavy atom. The molecule has 0 heterocycles. The molecule has 1 aliphatic rings. The Labute approximate surface area is 141 Å². The number of carbonyl (C=O) groups excluding carboxylic acids is 1. The van der Waals surface area contributed by atoms with Crippen LogP contribution >= 0.6 is 0 Å². The van der Waals surface area contributed by atoms with Gasteiger partial charge in [-0.05, 0) is 37.4 Å². The van der Waals surface area contributed by atoms with Crippen molar-refractivity contribution in [3.05, 3.63) is 35.4 Å². The number of carbonyl (C=O) groups is 1. The molecule has 2 unspecified atom stereocenters. The molecule has 1 saturated carbocycles. The summed E-state index contributed by atoms with van der Waals surface area (Å²) < 4.78 is 38.2. The summed E-state index contributed by atoms with van der Waals surface area (Å²) in [5.74, 6) is 0.416. The smallest absolute Gasteiger partial charge is 0.352 e. The first-order chi connectivity index (χ1) is 11.3. The first-order valence-electron chi connectivity index (χ1n) is 8.40. The second kappa shape index (κ2) is 8.01. The van der Waals surface area contributed by atoms with E-state index in [2.05, 4.69) is 12.2 Å². The highest BCUT2D eigenvalue weighted by Crippen LogP contribution is 2.29. The predicted molar refractivity (Wildman–Crippen MR) is 87.3 cm³/mol. The van der Waals surface area contributed by atoms with E-state index in [1.54, 1.807) is 18.0 Å². The molecule has 2 rings (SSSR count). The number of hydrogen-bond acceptors (Lipinski definition) is 2. The lowest BCUT2D eigenvalue weighted by Crippen LogP contribution is -2.44. The highest BCUT2D eigenvalue weighted by atomic mass is 19.4. The summed E-state index contributed by atoms with van der Waals surface area (Å²) in [5.41, 5.74) is -0.111. The predicted octanol–water partition coefficient (Wildman–Crippen LogP) is 3.83. The topological polar surface area (TPSA) is 32.3 Å². The van der Waals surface area contributed by atoms with Crippen molar-refractivity contribution in [1.29, 1.82) is 0 Å². The molecule has 1 aromatic carbocycles. The normalized spacial score (nSPS) is 21.8. The van der Waals surface area contributed by atoms with E-state index in [1.807, 2.05) is 0 Å². The van der Waals surface area contributed by atoms with Gasteiger partial charge in [-0.1, -0.05) is 38.0 Å². The molecule has 1 fully saturated rings. The number of benzene rings is 1. The molecule has 0 bridgehead atoms. The van der Waals surface area contributed by atoms with Crippen LogP contribution in [0.25, 0.3) is 0 Å². The number of likely N-dealkylation sites (N-methyl/N-ethyl adjacent to an activating group) is 1. The maximum atomic E-state index is 12.7. The summed E-state index contributed by atoms with van der Waals surface area (Å²) in [5, 5.41) is 3.06. The largest absolute Gasteiger partial charge is 0.416 e. The van der Waals surface area contributed by atoms with Crippen LogP contribution in [0.5, 0.6) is 0 Å². The Morgan fingerprint density at radius 2 is 2.00 bits per heavy atom. The van der Waals surface area contributed by atoms with Crippen LogP contribution in [0.1, 0.15) is 43.7 Å². The van der Waals surface area contributed by atoms with Gasteiger partial charge in [0.25, 0.3) is 0 Å². The zero-order valence-electron chi connectivity index (χ0n) is 14.2. The van der Waals surface area contributed by atoms with Crippen LogP contribution in [-0.2, 0) is 17.5 Å². The minimum absolute atomic E-state index is 0.0665. The summed E-state index contributed by atoms with van der Waals surface area (Å²) in [6.45, 7) is 2.63. The third-order valence-electron chi connectivity index (χ3n) is 4.58. The molecule has 24 heavy (non-hydrogen) atoms. The highest BCUT2D eigenvalue weighted by molar-refractivity contribution is 5.78. The zero-order valence-corrected chi connectivity index (χ0v) is 14.2. The van der Waals surface area contributed by atoms with Crippen molar-refractivity contribution < 1.29 is 18.0 Å². The summed E-state index contributed by atoms with van der Waals surface area (Å²) >= 11 is 0. The van der Waals surface area contributed by atoms with Gasteiger partial charge in [-0.25, -0.2) is 0 Å². The van der Waals surface area contributed by atoms with E-state index in [4.69, 9.17) is 0 Å². The highest BCUT2D eigenvalue weighted by Gasteiger charge is 2.30. The van der Waals surface area contributed by atoms with Crippen LogP contribution in [0.2, 0.25) is 0 Å². The van der Waals surface area contributed by atoms with Crippen molar-refractivity contribution in [3.63, 3.8) is 0 Å². The second-order valence-corrected chi connectivity index (χ2v) is 6.81. The van der Waals surface area contributed by atoms with Gasteiger partial charge in [0.1, 0.15) is 0 Å². The van der Waals surface area contributed by atoms with Crippen LogP contribution in [0, 0.1) is 5.92 Å². The van der Waals surface area contributed by atoms with Crippen LogP contribution < -0.4 is 5.32 Å². The maximum absolute atomic E-state index is 12.7. The molecule has 6 heteroatoms. The Bertz CT molecular complexity index is 559. The number of rotatable bonds is 5. The summed E-state index contributed by atoms with van der Waals surface area (Å²) in [6, 6.07) is 5.45. The van der Waals surface area contributed by atoms with Crippen molar-refractivity contribution in [3.8, 4) is 0 Å². The maximum Gasteiger partial charge on any atom is 0.416 e. The molecule has 0 saturated heterocycles. The van der Waals surface area contributed by atoms with Crippen LogP contribution in [0.15, 0.2) is 24.3 Å². The van der Waals surface area contributed by atoms with Gasteiger partial charge in [0, 0.05) is 12.6 Å². The fourth-order valence-electron chi connectivity index (χ4n) is 3.24. The minimum atomic E-state index is -4.34. The molecular weight excluding hydrogens is 317 g/mol. The van der Waals surface area contributed by atoms with Gasteiger partial charge in [-0.3, -0.25) is 9.69 Å². The SMILES string of the molecule is CC1CCCCC1NC(=O)CN(C)Cc1cccc(C(F)(F)F)c1. The van der Waals surface area contributed by atoms with Gasteiger partial charge < -0.3 is 5.32 Å². The molecular formula is C18H25F3N2O. The summed E-state index contributed by atoms with van der Waals surface area (Å²) in [6.07, 6.45) is 0.136. The van der Waals surface area contributed by atoms with Crippen molar-refractivity contribution in [2.24, 2.45) is 5.92 Å². The van der Waals surface area contributed by atoms with E-state index >= 15 is 0 Å². The van der Waals surface area contributed by atoms with E-state index in [0.717, 1.165) is 31.4 Å². The zero-order chi connectivity index (χ0) is 17.7. The van der Waals surface area contributed by atoms with Crippen molar-refractivity contribution in [1.82, 2.24) is 10.2 Å². The van der Waals surface area contributed by atoms with Gasteiger partial charge in [-0.2, -0.15) is 13.2 Å². The number of alkyl halides is 3. The van der Waals surface area contributed by atoms with Crippen LogP contribution in [0.4, 0.5) is 13.2 Å². The van der Waals surface area contributed by atoms with E-state index in [9.17, 15) is 18.0 Å². The Balaban J connectivity index is 1.86. The average molecular weight is 342 g/mol. The lowest BCUT2D eigenvalue weighted by atomic mass is 9.86. The molecule has 2 atom stereocenters. The summed E-state index contributed by atoms with van der Waals surface area (Å²) in [4.78, 5) is 13.9. The Hall–Kier alpha value is -1.56. The molecule has 0 aromatic heterocycles. The van der Waals surface area contributed by atoms with Gasteiger partial charge in [-0.15, -0.1) is 0 Å². The first kappa shape index (κ1) is 18.8. The number of halogens is 3. The molecule has 0 aliphatic heterocycles. The van der Waals surface area contributed by atoms with E-state index < -0.39 is 11.7 Å². The van der Waals surface area contributed by atoms with Crippen molar-refractivity contribution in [2.45, 2.75) is 51.4 Å². The number of amides is 1. The van der Waals surface area contributed by atoms with Gasteiger partial charge in [0.05, 0.1) is 12.1 Å². The van der Waals surface area contributed by atoms with Crippen LogP contribution in [-0.4, -0.2) is 30.4 Å².